The zero-order chi connectivity index (χ0) is 22.6. The molecule has 6 nitrogen and oxygen atoms in total. The third kappa shape index (κ3) is 4.58. The molecule has 0 aliphatic heterocycles. The van der Waals surface area contributed by atoms with E-state index in [9.17, 15) is 31.1 Å². The predicted molar refractivity (Wildman–Crippen MR) is 96.9 cm³/mol. The van der Waals surface area contributed by atoms with Crippen LogP contribution in [0, 0.1) is 11.8 Å². The lowest BCUT2D eigenvalue weighted by molar-refractivity contribution is -0.143. The number of benzene rings is 1. The van der Waals surface area contributed by atoms with Crippen molar-refractivity contribution in [3.05, 3.63) is 41.7 Å². The van der Waals surface area contributed by atoms with Crippen molar-refractivity contribution in [3.8, 4) is 11.4 Å². The molecular formula is C19H17F6N5O. The van der Waals surface area contributed by atoms with Crippen LogP contribution in [-0.2, 0) is 17.1 Å². The first kappa shape index (κ1) is 21.3. The fourth-order valence-electron chi connectivity index (χ4n) is 4.02. The molecular weight excluding hydrogens is 428 g/mol. The maximum Gasteiger partial charge on any atom is 0.416 e. The van der Waals surface area contributed by atoms with Gasteiger partial charge in [-0.1, -0.05) is 0 Å². The van der Waals surface area contributed by atoms with Crippen LogP contribution in [0.1, 0.15) is 24.0 Å². The number of hydrogen-bond acceptors (Lipinski definition) is 4. The lowest BCUT2D eigenvalue weighted by Gasteiger charge is -2.13. The van der Waals surface area contributed by atoms with Gasteiger partial charge in [-0.05, 0) is 42.9 Å². The Kier molecular flexibility index (Phi) is 5.07. The Morgan fingerprint density at radius 1 is 1.06 bits per heavy atom. The number of aromatic nitrogens is 3. The highest BCUT2D eigenvalue weighted by Gasteiger charge is 2.55. The van der Waals surface area contributed by atoms with Crippen molar-refractivity contribution in [3.63, 3.8) is 0 Å². The summed E-state index contributed by atoms with van der Waals surface area (Å²) in [6, 6.07) is 1.37. The van der Waals surface area contributed by atoms with Crippen LogP contribution in [0.2, 0.25) is 0 Å². The molecule has 2 unspecified atom stereocenters. The van der Waals surface area contributed by atoms with Gasteiger partial charge in [0.15, 0.2) is 5.82 Å². The zero-order valence-corrected chi connectivity index (χ0v) is 15.8. The Hall–Kier alpha value is -2.89. The molecule has 0 bridgehead atoms. The molecule has 3 N–H and O–H groups in total. The smallest absolute Gasteiger partial charge is 0.349 e. The second-order valence-electron chi connectivity index (χ2n) is 7.75. The van der Waals surface area contributed by atoms with E-state index in [1.54, 1.807) is 0 Å². The molecule has 166 valence electrons. The van der Waals surface area contributed by atoms with E-state index in [1.807, 2.05) is 0 Å². The van der Waals surface area contributed by atoms with Crippen LogP contribution in [0.3, 0.4) is 0 Å². The van der Waals surface area contributed by atoms with Crippen LogP contribution < -0.4 is 11.1 Å². The van der Waals surface area contributed by atoms with Crippen molar-refractivity contribution in [2.75, 3.05) is 0 Å². The number of amides is 1. The first-order valence-corrected chi connectivity index (χ1v) is 9.37. The molecule has 2 aromatic rings. The Morgan fingerprint density at radius 3 is 2.19 bits per heavy atom. The van der Waals surface area contributed by atoms with E-state index in [0.717, 1.165) is 23.9 Å². The molecule has 1 aromatic carbocycles. The Labute approximate surface area is 172 Å². The van der Waals surface area contributed by atoms with Gasteiger partial charge in [-0.15, -0.1) is 5.10 Å². The number of hydrogen-bond donors (Lipinski definition) is 2. The van der Waals surface area contributed by atoms with Crippen molar-refractivity contribution in [1.82, 2.24) is 20.1 Å². The van der Waals surface area contributed by atoms with E-state index in [-0.39, 0.29) is 29.9 Å². The molecule has 2 aliphatic rings. The van der Waals surface area contributed by atoms with Gasteiger partial charge in [-0.2, -0.15) is 26.3 Å². The van der Waals surface area contributed by atoms with E-state index >= 15 is 0 Å². The van der Waals surface area contributed by atoms with Gasteiger partial charge in [0.25, 0.3) is 0 Å². The summed E-state index contributed by atoms with van der Waals surface area (Å²) in [7, 11) is 0. The fraction of sp³-hybridized carbons (Fsp3) is 0.421. The van der Waals surface area contributed by atoms with Crippen molar-refractivity contribution in [1.29, 1.82) is 0 Å². The predicted octanol–water partition coefficient (Wildman–Crippen LogP) is 3.31. The van der Waals surface area contributed by atoms with Gasteiger partial charge in [0.05, 0.1) is 11.1 Å². The summed E-state index contributed by atoms with van der Waals surface area (Å²) >= 11 is 0. The standard InChI is InChI=1S/C19H17F6N5O/c20-18(21,22)10-3-9(4-11(5-10)19(23,24)25)17-27-8-30(29-17)2-1-15(31)28-16-13-6-12(26)7-14(13)16/h1-5,8,12-14,16H,6-7,26H2,(H,28,31). The number of nitrogens with two attached hydrogens (primary N) is 1. The Bertz CT molecular complexity index is 983. The molecule has 0 saturated heterocycles. The average Bonchev–Trinajstić information content (AvgIpc) is 3.05. The zero-order valence-electron chi connectivity index (χ0n) is 15.8. The third-order valence-corrected chi connectivity index (χ3v) is 5.52. The highest BCUT2D eigenvalue weighted by Crippen LogP contribution is 2.51. The highest BCUT2D eigenvalue weighted by atomic mass is 19.4. The van der Waals surface area contributed by atoms with Crippen LogP contribution in [-0.4, -0.2) is 32.8 Å². The van der Waals surface area contributed by atoms with E-state index in [2.05, 4.69) is 15.4 Å². The van der Waals surface area contributed by atoms with Crippen molar-refractivity contribution in [2.24, 2.45) is 17.6 Å². The SMILES string of the molecule is NC1CC2C(C1)C2NC(=O)C=Cn1cnc(-c2cc(C(F)(F)F)cc(C(F)(F)F)c2)n1. The van der Waals surface area contributed by atoms with Crippen molar-refractivity contribution in [2.45, 2.75) is 37.3 Å². The fourth-order valence-corrected chi connectivity index (χ4v) is 4.02. The molecule has 0 spiro atoms. The number of nitrogens with one attached hydrogen (secondary N) is 1. The quantitative estimate of drug-likeness (QED) is 0.559. The highest BCUT2D eigenvalue weighted by molar-refractivity contribution is 5.90. The summed E-state index contributed by atoms with van der Waals surface area (Å²) < 4.78 is 79.1. The average molecular weight is 445 g/mol. The largest absolute Gasteiger partial charge is 0.416 e. The first-order valence-electron chi connectivity index (χ1n) is 9.37. The minimum Gasteiger partial charge on any atom is -0.349 e. The van der Waals surface area contributed by atoms with Crippen LogP contribution in [0.4, 0.5) is 26.3 Å². The number of carbonyl (C=O) groups is 1. The summed E-state index contributed by atoms with van der Waals surface area (Å²) in [6.45, 7) is 0. The number of halogens is 6. The summed E-state index contributed by atoms with van der Waals surface area (Å²) in [5, 5.41) is 6.69. The molecule has 12 heteroatoms. The normalized spacial score (nSPS) is 25.6. The molecule has 31 heavy (non-hydrogen) atoms. The minimum absolute atomic E-state index is 0.0326. The minimum atomic E-state index is -4.97. The summed E-state index contributed by atoms with van der Waals surface area (Å²) in [5.41, 5.74) is 2.47. The Balaban J connectivity index is 1.48. The number of rotatable bonds is 4. The lowest BCUT2D eigenvalue weighted by atomic mass is 10.0. The van der Waals surface area contributed by atoms with E-state index in [0.29, 0.717) is 24.0 Å². The molecule has 2 saturated carbocycles. The second kappa shape index (κ2) is 7.36. The molecule has 2 fully saturated rings. The third-order valence-electron chi connectivity index (χ3n) is 5.52. The summed E-state index contributed by atoms with van der Waals surface area (Å²) in [5.74, 6) is 0.0407. The van der Waals surface area contributed by atoms with Gasteiger partial charge in [0.1, 0.15) is 6.33 Å². The lowest BCUT2D eigenvalue weighted by Crippen LogP contribution is -2.30. The van der Waals surface area contributed by atoms with Gasteiger partial charge < -0.3 is 11.1 Å². The van der Waals surface area contributed by atoms with E-state index < -0.39 is 29.0 Å². The maximum atomic E-state index is 13.0. The number of nitrogens with zero attached hydrogens (tertiary/aromatic N) is 3. The second-order valence-corrected chi connectivity index (χ2v) is 7.75. The topological polar surface area (TPSA) is 85.8 Å². The molecule has 1 aromatic heterocycles. The maximum absolute atomic E-state index is 13.0. The summed E-state index contributed by atoms with van der Waals surface area (Å²) in [6.07, 6.45) is -4.75. The van der Waals surface area contributed by atoms with Gasteiger partial charge in [0.2, 0.25) is 5.91 Å². The van der Waals surface area contributed by atoms with Gasteiger partial charge in [-0.3, -0.25) is 4.79 Å². The van der Waals surface area contributed by atoms with Crippen molar-refractivity contribution >= 4 is 12.1 Å². The number of carbonyl (C=O) groups excluding carboxylic acids is 1. The molecule has 4 rings (SSSR count). The van der Waals surface area contributed by atoms with Crippen molar-refractivity contribution < 1.29 is 31.1 Å². The van der Waals surface area contributed by atoms with Gasteiger partial charge >= 0.3 is 12.4 Å². The van der Waals surface area contributed by atoms with Gasteiger partial charge in [0, 0.05) is 29.9 Å². The molecule has 0 radical (unpaired) electrons. The summed E-state index contributed by atoms with van der Waals surface area (Å²) in [4.78, 5) is 15.8. The van der Waals surface area contributed by atoms with Crippen LogP contribution >= 0.6 is 0 Å². The number of alkyl halides is 6. The molecule has 2 aliphatic carbocycles. The molecule has 1 heterocycles. The Morgan fingerprint density at radius 2 is 1.65 bits per heavy atom. The van der Waals surface area contributed by atoms with Crippen LogP contribution in [0.25, 0.3) is 17.6 Å². The van der Waals surface area contributed by atoms with Crippen LogP contribution in [0.15, 0.2) is 30.6 Å². The first-order chi connectivity index (χ1) is 14.4. The van der Waals surface area contributed by atoms with E-state index in [4.69, 9.17) is 5.73 Å². The van der Waals surface area contributed by atoms with Gasteiger partial charge in [-0.25, -0.2) is 9.67 Å². The molecule has 2 atom stereocenters. The number of fused-ring (bicyclic) bond motifs is 1. The van der Waals surface area contributed by atoms with E-state index in [1.165, 1.54) is 12.3 Å². The molecule has 1 amide bonds. The monoisotopic (exact) mass is 445 g/mol. The van der Waals surface area contributed by atoms with Crippen LogP contribution in [0.5, 0.6) is 0 Å².